The predicted molar refractivity (Wildman–Crippen MR) is 84.0 cm³/mol. The molecule has 1 amide bonds. The zero-order valence-corrected chi connectivity index (χ0v) is 13.0. The number of aromatic hydroxyl groups is 1. The van der Waals surface area contributed by atoms with E-state index in [0.717, 1.165) is 37.9 Å². The van der Waals surface area contributed by atoms with Crippen molar-refractivity contribution in [1.82, 2.24) is 4.90 Å². The maximum atomic E-state index is 12.4. The van der Waals surface area contributed by atoms with E-state index in [0.29, 0.717) is 11.8 Å². The molecule has 0 aliphatic carbocycles. The highest BCUT2D eigenvalue weighted by atomic mass is 16.3. The number of phenols is 1. The molecule has 1 fully saturated rings. The van der Waals surface area contributed by atoms with Crippen LogP contribution in [0.5, 0.6) is 5.75 Å². The number of hydrogen-bond donors (Lipinski definition) is 2. The van der Waals surface area contributed by atoms with Crippen LogP contribution in [0.15, 0.2) is 24.3 Å². The summed E-state index contributed by atoms with van der Waals surface area (Å²) in [5.74, 6) is 0.273. The molecule has 0 bridgehead atoms. The van der Waals surface area contributed by atoms with Crippen LogP contribution in [-0.4, -0.2) is 35.0 Å². The second kappa shape index (κ2) is 6.48. The van der Waals surface area contributed by atoms with Gasteiger partial charge in [0.05, 0.1) is 6.04 Å². The zero-order chi connectivity index (χ0) is 15.5. The van der Waals surface area contributed by atoms with Gasteiger partial charge in [-0.1, -0.05) is 32.4 Å². The van der Waals surface area contributed by atoms with E-state index >= 15 is 0 Å². The Labute approximate surface area is 126 Å². The third-order valence-electron chi connectivity index (χ3n) is 4.84. The van der Waals surface area contributed by atoms with E-state index in [2.05, 4.69) is 13.8 Å². The minimum atomic E-state index is -0.500. The number of carbonyl (C=O) groups is 1. The predicted octanol–water partition coefficient (Wildman–Crippen LogP) is 2.30. The van der Waals surface area contributed by atoms with Crippen LogP contribution < -0.4 is 5.73 Å². The first-order valence-corrected chi connectivity index (χ1v) is 7.76. The summed E-state index contributed by atoms with van der Waals surface area (Å²) in [5, 5.41) is 9.27. The summed E-state index contributed by atoms with van der Waals surface area (Å²) < 4.78 is 0. The third kappa shape index (κ3) is 3.97. The Morgan fingerprint density at radius 3 is 2.43 bits per heavy atom. The smallest absolute Gasteiger partial charge is 0.239 e. The number of benzene rings is 1. The summed E-state index contributed by atoms with van der Waals surface area (Å²) in [6.07, 6.45) is 3.79. The summed E-state index contributed by atoms with van der Waals surface area (Å²) in [7, 11) is 0. The third-order valence-corrected chi connectivity index (χ3v) is 4.84. The molecule has 21 heavy (non-hydrogen) atoms. The summed E-state index contributed by atoms with van der Waals surface area (Å²) in [6.45, 7) is 6.14. The molecule has 3 N–H and O–H groups in total. The molecule has 1 aliphatic heterocycles. The van der Waals surface area contributed by atoms with E-state index in [1.807, 2.05) is 17.0 Å². The molecular formula is C17H26N2O2. The first-order chi connectivity index (χ1) is 9.93. The zero-order valence-electron chi connectivity index (χ0n) is 13.0. The molecule has 0 radical (unpaired) electrons. The average Bonchev–Trinajstić information content (AvgIpc) is 2.49. The molecule has 1 heterocycles. The van der Waals surface area contributed by atoms with E-state index in [-0.39, 0.29) is 11.7 Å². The van der Waals surface area contributed by atoms with E-state index in [1.165, 1.54) is 0 Å². The van der Waals surface area contributed by atoms with E-state index in [4.69, 9.17) is 5.73 Å². The van der Waals surface area contributed by atoms with Gasteiger partial charge >= 0.3 is 0 Å². The van der Waals surface area contributed by atoms with Crippen molar-refractivity contribution in [3.05, 3.63) is 29.8 Å². The Kier molecular flexibility index (Phi) is 4.88. The molecule has 1 aliphatic rings. The Bertz CT molecular complexity index is 476. The van der Waals surface area contributed by atoms with E-state index in [1.54, 1.807) is 12.1 Å². The molecule has 4 heteroatoms. The lowest BCUT2D eigenvalue weighted by Gasteiger charge is -2.39. The quantitative estimate of drug-likeness (QED) is 0.894. The SMILES string of the molecule is CCC1(C)CCN(C(=O)C(N)Cc2ccc(O)cc2)CC1. The second-order valence-corrected chi connectivity index (χ2v) is 6.47. The van der Waals surface area contributed by atoms with Crippen molar-refractivity contribution in [3.63, 3.8) is 0 Å². The molecule has 2 rings (SSSR count). The van der Waals surface area contributed by atoms with Crippen molar-refractivity contribution in [2.45, 2.75) is 45.6 Å². The van der Waals surface area contributed by atoms with Crippen LogP contribution in [0.1, 0.15) is 38.7 Å². The van der Waals surface area contributed by atoms with Gasteiger partial charge in [-0.3, -0.25) is 4.79 Å². The van der Waals surface area contributed by atoms with Crippen molar-refractivity contribution < 1.29 is 9.90 Å². The average molecular weight is 290 g/mol. The van der Waals surface area contributed by atoms with Crippen LogP contribution in [-0.2, 0) is 11.2 Å². The number of nitrogens with zero attached hydrogens (tertiary/aromatic N) is 1. The molecule has 1 aromatic rings. The number of phenolic OH excluding ortho intramolecular Hbond substituents is 1. The number of hydrogen-bond acceptors (Lipinski definition) is 3. The van der Waals surface area contributed by atoms with Crippen LogP contribution >= 0.6 is 0 Å². The number of carbonyl (C=O) groups excluding carboxylic acids is 1. The fraction of sp³-hybridized carbons (Fsp3) is 0.588. The van der Waals surface area contributed by atoms with Crippen LogP contribution in [0.2, 0.25) is 0 Å². The number of nitrogens with two attached hydrogens (primary N) is 1. The first-order valence-electron chi connectivity index (χ1n) is 7.76. The summed E-state index contributed by atoms with van der Waals surface area (Å²) >= 11 is 0. The van der Waals surface area contributed by atoms with Crippen LogP contribution in [0.3, 0.4) is 0 Å². The first kappa shape index (κ1) is 15.8. The second-order valence-electron chi connectivity index (χ2n) is 6.47. The highest BCUT2D eigenvalue weighted by molar-refractivity contribution is 5.82. The molecule has 1 aromatic carbocycles. The lowest BCUT2D eigenvalue weighted by molar-refractivity contribution is -0.134. The molecule has 1 unspecified atom stereocenters. The molecule has 116 valence electrons. The van der Waals surface area contributed by atoms with Crippen LogP contribution in [0, 0.1) is 5.41 Å². The molecule has 1 atom stereocenters. The fourth-order valence-electron chi connectivity index (χ4n) is 2.83. The van der Waals surface area contributed by atoms with Gasteiger partial charge in [0, 0.05) is 13.1 Å². The highest BCUT2D eigenvalue weighted by Gasteiger charge is 2.31. The standard InChI is InChI=1S/C17H26N2O2/c1-3-17(2)8-10-19(11-9-17)16(21)15(18)12-13-4-6-14(20)7-5-13/h4-7,15,20H,3,8-12,18H2,1-2H3. The van der Waals surface area contributed by atoms with E-state index in [9.17, 15) is 9.90 Å². The molecule has 0 saturated carbocycles. The van der Waals surface area contributed by atoms with Crippen LogP contribution in [0.4, 0.5) is 0 Å². The molecule has 0 aromatic heterocycles. The van der Waals surface area contributed by atoms with Gasteiger partial charge in [-0.25, -0.2) is 0 Å². The van der Waals surface area contributed by atoms with E-state index < -0.39 is 6.04 Å². The Morgan fingerprint density at radius 2 is 1.90 bits per heavy atom. The van der Waals surface area contributed by atoms with Crippen molar-refractivity contribution in [2.75, 3.05) is 13.1 Å². The Morgan fingerprint density at radius 1 is 1.33 bits per heavy atom. The highest BCUT2D eigenvalue weighted by Crippen LogP contribution is 2.34. The van der Waals surface area contributed by atoms with Gasteiger partial charge in [0.25, 0.3) is 0 Å². The van der Waals surface area contributed by atoms with Gasteiger partial charge in [-0.15, -0.1) is 0 Å². The van der Waals surface area contributed by atoms with Crippen molar-refractivity contribution in [3.8, 4) is 5.75 Å². The van der Waals surface area contributed by atoms with Gasteiger partial charge in [0.2, 0.25) is 5.91 Å². The van der Waals surface area contributed by atoms with Gasteiger partial charge in [0.15, 0.2) is 0 Å². The lowest BCUT2D eigenvalue weighted by Crippen LogP contribution is -2.49. The molecular weight excluding hydrogens is 264 g/mol. The number of rotatable bonds is 4. The van der Waals surface area contributed by atoms with Crippen molar-refractivity contribution in [2.24, 2.45) is 11.1 Å². The topological polar surface area (TPSA) is 66.6 Å². The summed E-state index contributed by atoms with van der Waals surface area (Å²) in [4.78, 5) is 14.3. The van der Waals surface area contributed by atoms with Gasteiger partial charge < -0.3 is 15.7 Å². The van der Waals surface area contributed by atoms with Gasteiger partial charge in [-0.2, -0.15) is 0 Å². The molecule has 0 spiro atoms. The van der Waals surface area contributed by atoms with Crippen molar-refractivity contribution >= 4 is 5.91 Å². The van der Waals surface area contributed by atoms with Gasteiger partial charge in [-0.05, 0) is 42.4 Å². The normalized spacial score (nSPS) is 19.3. The molecule has 4 nitrogen and oxygen atoms in total. The largest absolute Gasteiger partial charge is 0.508 e. The summed E-state index contributed by atoms with van der Waals surface area (Å²) in [6, 6.07) is 6.38. The Balaban J connectivity index is 1.90. The lowest BCUT2D eigenvalue weighted by atomic mass is 9.78. The fourth-order valence-corrected chi connectivity index (χ4v) is 2.83. The number of piperidine rings is 1. The minimum absolute atomic E-state index is 0.0428. The molecule has 1 saturated heterocycles. The maximum absolute atomic E-state index is 12.4. The monoisotopic (exact) mass is 290 g/mol. The maximum Gasteiger partial charge on any atom is 0.239 e. The number of amides is 1. The van der Waals surface area contributed by atoms with Crippen LogP contribution in [0.25, 0.3) is 0 Å². The summed E-state index contributed by atoms with van der Waals surface area (Å²) in [5.41, 5.74) is 7.41. The van der Waals surface area contributed by atoms with Gasteiger partial charge in [0.1, 0.15) is 5.75 Å². The van der Waals surface area contributed by atoms with Crippen molar-refractivity contribution in [1.29, 1.82) is 0 Å². The Hall–Kier alpha value is -1.55. The number of likely N-dealkylation sites (tertiary alicyclic amines) is 1. The minimum Gasteiger partial charge on any atom is -0.508 e.